The molecule has 1 amide bonds. The molecule has 2 bridgehead atoms. The Balaban J connectivity index is 0.000000521. The molecule has 1 aromatic carbocycles. The molecule has 3 aliphatic carbocycles. The van der Waals surface area contributed by atoms with Gasteiger partial charge in [0.15, 0.2) is 0 Å². The lowest BCUT2D eigenvalue weighted by atomic mass is 9.53. The standard InChI is InChI=1S/C24H31N3O3.C11H16N2.C2H3N.2C2H6/c1-4-16(3)18-12-19-17(5-2)14-26-27(19)20(13-18)21(28)25-15-23-6-9-24(10-7-23,11-8-23)22(29)30;1-3-9-6-5-7-10(8-9)13-11(12)4-2;1-2-3;2*1-2/h12-14H,3-11,15H2,1-2H3,(H,25,28)(H,29,30);4-8,13H,3,12H2,1-2H3;1H3;2*1-2H3/b;11-4+;;;. The summed E-state index contributed by atoms with van der Waals surface area (Å²) < 4.78 is 1.73. The number of carbonyl (C=O) groups is 2. The molecule has 0 saturated heterocycles. The molecule has 3 fully saturated rings. The molecule has 3 aromatic rings. The molecule has 274 valence electrons. The van der Waals surface area contributed by atoms with Crippen molar-refractivity contribution in [3.8, 4) is 6.07 Å². The SMILES string of the molecule is C/C=C(\N)Nc1cccc(CC)c1.C=C(CC)c1cc(C(=O)NCC23CCC(C(=O)O)(CC2)CC3)n2ncc(CC)c2c1.CC.CC.CC#N. The Labute approximate surface area is 301 Å². The summed E-state index contributed by atoms with van der Waals surface area (Å²) in [6.07, 6.45) is 11.1. The molecule has 2 aromatic heterocycles. The zero-order chi connectivity index (χ0) is 37.9. The van der Waals surface area contributed by atoms with Gasteiger partial charge in [-0.3, -0.25) is 9.59 Å². The molecule has 0 spiro atoms. The van der Waals surface area contributed by atoms with Crippen LogP contribution in [0.3, 0.4) is 0 Å². The number of nitrogens with zero attached hydrogens (tertiary/aromatic N) is 3. The maximum atomic E-state index is 13.2. The number of allylic oxidation sites excluding steroid dienone is 2. The van der Waals surface area contributed by atoms with Crippen LogP contribution < -0.4 is 16.4 Å². The fourth-order valence-corrected chi connectivity index (χ4v) is 6.29. The lowest BCUT2D eigenvalue weighted by molar-refractivity contribution is -0.158. The number of nitrogens with one attached hydrogen (secondary N) is 2. The predicted molar refractivity (Wildman–Crippen MR) is 208 cm³/mol. The van der Waals surface area contributed by atoms with E-state index >= 15 is 0 Å². The second-order valence-corrected chi connectivity index (χ2v) is 12.3. The Morgan fingerprint density at radius 2 is 1.64 bits per heavy atom. The van der Waals surface area contributed by atoms with E-state index < -0.39 is 11.4 Å². The number of carboxylic acid groups (broad SMARTS) is 1. The molecule has 5 N–H and O–H groups in total. The lowest BCUT2D eigenvalue weighted by Gasteiger charge is -2.51. The second kappa shape index (κ2) is 21.5. The molecule has 6 rings (SSSR count). The van der Waals surface area contributed by atoms with Crippen LogP contribution >= 0.6 is 0 Å². The zero-order valence-corrected chi connectivity index (χ0v) is 32.1. The largest absolute Gasteiger partial charge is 0.481 e. The van der Waals surface area contributed by atoms with E-state index in [1.165, 1.54) is 12.5 Å². The van der Waals surface area contributed by atoms with Crippen LogP contribution in [0.25, 0.3) is 11.1 Å². The van der Waals surface area contributed by atoms with Crippen LogP contribution in [0.1, 0.15) is 134 Å². The summed E-state index contributed by atoms with van der Waals surface area (Å²) in [6.45, 7) is 22.4. The van der Waals surface area contributed by atoms with Crippen molar-refractivity contribution >= 4 is 28.7 Å². The number of aliphatic carboxylic acids is 1. The number of hydrogen-bond donors (Lipinski definition) is 4. The Bertz CT molecular complexity index is 1590. The third kappa shape index (κ3) is 11.2. The number of carbonyl (C=O) groups excluding carboxylic acids is 1. The highest BCUT2D eigenvalue weighted by Crippen LogP contribution is 2.56. The summed E-state index contributed by atoms with van der Waals surface area (Å²) in [5.74, 6) is -0.0969. The number of nitrogens with two attached hydrogens (primary N) is 1. The Kier molecular flexibility index (Phi) is 18.7. The van der Waals surface area contributed by atoms with Crippen LogP contribution in [0.4, 0.5) is 5.69 Å². The van der Waals surface area contributed by atoms with Gasteiger partial charge in [0.05, 0.1) is 29.0 Å². The summed E-state index contributed by atoms with van der Waals surface area (Å²) in [4.78, 5) is 24.9. The molecular weight excluding hydrogens is 624 g/mol. The van der Waals surface area contributed by atoms with Crippen LogP contribution in [0.15, 0.2) is 61.1 Å². The van der Waals surface area contributed by atoms with E-state index in [0.29, 0.717) is 37.3 Å². The van der Waals surface area contributed by atoms with Crippen molar-refractivity contribution in [1.82, 2.24) is 14.9 Å². The molecule has 0 atom stereocenters. The van der Waals surface area contributed by atoms with Gasteiger partial charge in [-0.05, 0) is 123 Å². The van der Waals surface area contributed by atoms with Crippen LogP contribution in [0, 0.1) is 22.2 Å². The number of fused-ring (bicyclic) bond motifs is 4. The molecule has 50 heavy (non-hydrogen) atoms. The molecule has 0 aliphatic heterocycles. The molecule has 2 heterocycles. The highest BCUT2D eigenvalue weighted by atomic mass is 16.4. The molecule has 0 radical (unpaired) electrons. The average molecular weight is 687 g/mol. The topological polar surface area (TPSA) is 146 Å². The quantitative estimate of drug-likeness (QED) is 0.166. The summed E-state index contributed by atoms with van der Waals surface area (Å²) in [5, 5.41) is 27.6. The number of nitriles is 1. The molecule has 0 unspecified atom stereocenters. The number of anilines is 1. The van der Waals surface area contributed by atoms with Crippen molar-refractivity contribution < 1.29 is 14.7 Å². The van der Waals surface area contributed by atoms with Gasteiger partial charge in [0.25, 0.3) is 5.91 Å². The molecule has 9 nitrogen and oxygen atoms in total. The lowest BCUT2D eigenvalue weighted by Crippen LogP contribution is -2.50. The maximum Gasteiger partial charge on any atom is 0.309 e. The van der Waals surface area contributed by atoms with E-state index in [1.807, 2.05) is 65.1 Å². The third-order valence-electron chi connectivity index (χ3n) is 9.56. The summed E-state index contributed by atoms with van der Waals surface area (Å²) in [6, 6.07) is 14.0. The van der Waals surface area contributed by atoms with Gasteiger partial charge in [-0.25, -0.2) is 4.52 Å². The number of rotatable bonds is 10. The Morgan fingerprint density at radius 3 is 2.14 bits per heavy atom. The van der Waals surface area contributed by atoms with E-state index in [-0.39, 0.29) is 11.3 Å². The summed E-state index contributed by atoms with van der Waals surface area (Å²) >= 11 is 0. The van der Waals surface area contributed by atoms with Gasteiger partial charge in [0.1, 0.15) is 5.69 Å². The van der Waals surface area contributed by atoms with Gasteiger partial charge in [-0.15, -0.1) is 0 Å². The number of aromatic nitrogens is 2. The van der Waals surface area contributed by atoms with Crippen molar-refractivity contribution in [2.24, 2.45) is 16.6 Å². The second-order valence-electron chi connectivity index (χ2n) is 12.3. The van der Waals surface area contributed by atoms with Crippen LogP contribution in [0.2, 0.25) is 0 Å². The average Bonchev–Trinajstić information content (AvgIpc) is 3.59. The van der Waals surface area contributed by atoms with E-state index in [1.54, 1.807) is 10.6 Å². The van der Waals surface area contributed by atoms with Gasteiger partial charge in [-0.1, -0.05) is 67.2 Å². The number of benzene rings is 1. The van der Waals surface area contributed by atoms with Crippen LogP contribution in [-0.4, -0.2) is 33.1 Å². The van der Waals surface area contributed by atoms with Crippen molar-refractivity contribution in [2.45, 2.75) is 120 Å². The van der Waals surface area contributed by atoms with Gasteiger partial charge in [-0.2, -0.15) is 10.4 Å². The maximum absolute atomic E-state index is 13.2. The van der Waals surface area contributed by atoms with Gasteiger partial charge in [0.2, 0.25) is 0 Å². The molecule has 3 saturated carbocycles. The van der Waals surface area contributed by atoms with Gasteiger partial charge >= 0.3 is 5.97 Å². The summed E-state index contributed by atoms with van der Waals surface area (Å²) in [5.41, 5.74) is 12.1. The number of hydrogen-bond acceptors (Lipinski definition) is 6. The monoisotopic (exact) mass is 686 g/mol. The molecular formula is C41H62N6O3. The van der Waals surface area contributed by atoms with E-state index in [2.05, 4.69) is 61.3 Å². The normalized spacial score (nSPS) is 18.6. The third-order valence-corrected chi connectivity index (χ3v) is 9.56. The van der Waals surface area contributed by atoms with Gasteiger partial charge < -0.3 is 21.5 Å². The number of amides is 1. The number of carboxylic acids is 1. The number of pyridine rings is 1. The van der Waals surface area contributed by atoms with E-state index in [0.717, 1.165) is 66.4 Å². The predicted octanol–water partition coefficient (Wildman–Crippen LogP) is 9.54. The smallest absolute Gasteiger partial charge is 0.309 e. The minimum absolute atomic E-state index is 0.0231. The molecule has 9 heteroatoms. The number of aryl methyl sites for hydroxylation is 2. The fraction of sp³-hybridized carbons (Fsp3) is 0.512. The minimum Gasteiger partial charge on any atom is -0.481 e. The molecule has 3 aliphatic rings. The van der Waals surface area contributed by atoms with Crippen LogP contribution in [0.5, 0.6) is 0 Å². The van der Waals surface area contributed by atoms with Crippen molar-refractivity contribution in [3.05, 3.63) is 83.5 Å². The van der Waals surface area contributed by atoms with Gasteiger partial charge in [0, 0.05) is 19.2 Å². The Hall–Kier alpha value is -4.58. The summed E-state index contributed by atoms with van der Waals surface area (Å²) in [7, 11) is 0. The first-order chi connectivity index (χ1) is 24.0. The first kappa shape index (κ1) is 43.4. The van der Waals surface area contributed by atoms with Crippen molar-refractivity contribution in [3.63, 3.8) is 0 Å². The van der Waals surface area contributed by atoms with Crippen LogP contribution in [-0.2, 0) is 17.6 Å². The Morgan fingerprint density at radius 1 is 1.04 bits per heavy atom. The zero-order valence-electron chi connectivity index (χ0n) is 32.1. The fourth-order valence-electron chi connectivity index (χ4n) is 6.29. The first-order valence-electron chi connectivity index (χ1n) is 18.3. The van der Waals surface area contributed by atoms with Crippen molar-refractivity contribution in [2.75, 3.05) is 11.9 Å². The minimum atomic E-state index is -0.652. The first-order valence-corrected chi connectivity index (χ1v) is 18.3. The van der Waals surface area contributed by atoms with E-state index in [4.69, 9.17) is 11.0 Å². The van der Waals surface area contributed by atoms with Crippen molar-refractivity contribution in [1.29, 1.82) is 5.26 Å². The highest BCUT2D eigenvalue weighted by Gasteiger charge is 2.52. The highest BCUT2D eigenvalue weighted by molar-refractivity contribution is 5.94. The van der Waals surface area contributed by atoms with E-state index in [9.17, 15) is 14.7 Å².